The zero-order chi connectivity index (χ0) is 15.3. The van der Waals surface area contributed by atoms with Crippen molar-refractivity contribution in [3.05, 3.63) is 0 Å². The maximum absolute atomic E-state index is 12.4. The van der Waals surface area contributed by atoms with E-state index in [0.29, 0.717) is 5.41 Å². The van der Waals surface area contributed by atoms with Crippen LogP contribution < -0.4 is 5.32 Å². The first-order chi connectivity index (χ1) is 10.1. The van der Waals surface area contributed by atoms with Crippen molar-refractivity contribution in [2.24, 2.45) is 10.8 Å². The maximum atomic E-state index is 12.4. The Bertz CT molecular complexity index is 337. The second kappa shape index (κ2) is 6.99. The molecule has 0 aromatic rings. The van der Waals surface area contributed by atoms with Crippen molar-refractivity contribution in [2.45, 2.75) is 65.2 Å². The highest BCUT2D eigenvalue weighted by molar-refractivity contribution is 5.74. The van der Waals surface area contributed by atoms with E-state index in [9.17, 15) is 9.90 Å². The lowest BCUT2D eigenvalue weighted by Gasteiger charge is -2.40. The Kier molecular flexibility index (Phi) is 5.53. The first kappa shape index (κ1) is 16.6. The average molecular weight is 296 g/mol. The van der Waals surface area contributed by atoms with Crippen LogP contribution in [0.3, 0.4) is 0 Å². The summed E-state index contributed by atoms with van der Waals surface area (Å²) in [4.78, 5) is 14.3. The lowest BCUT2D eigenvalue weighted by atomic mass is 9.77. The van der Waals surface area contributed by atoms with Gasteiger partial charge in [-0.15, -0.1) is 0 Å². The Hall–Kier alpha value is -0.770. The quantitative estimate of drug-likeness (QED) is 0.819. The van der Waals surface area contributed by atoms with E-state index in [2.05, 4.69) is 19.2 Å². The third kappa shape index (κ3) is 3.71. The van der Waals surface area contributed by atoms with Gasteiger partial charge in [-0.3, -0.25) is 0 Å². The molecule has 21 heavy (non-hydrogen) atoms. The molecule has 0 aromatic carbocycles. The number of rotatable bonds is 5. The number of carbonyl (C=O) groups is 1. The van der Waals surface area contributed by atoms with Gasteiger partial charge < -0.3 is 15.3 Å². The molecule has 0 radical (unpaired) electrons. The Labute approximate surface area is 129 Å². The number of aliphatic hydroxyl groups excluding tert-OH is 1. The highest BCUT2D eigenvalue weighted by atomic mass is 16.3. The van der Waals surface area contributed by atoms with E-state index in [-0.39, 0.29) is 18.1 Å². The monoisotopic (exact) mass is 296 g/mol. The van der Waals surface area contributed by atoms with E-state index in [0.717, 1.165) is 45.3 Å². The van der Waals surface area contributed by atoms with Gasteiger partial charge in [0, 0.05) is 26.2 Å². The Balaban J connectivity index is 1.80. The van der Waals surface area contributed by atoms with E-state index in [4.69, 9.17) is 0 Å². The van der Waals surface area contributed by atoms with Gasteiger partial charge in [-0.2, -0.15) is 0 Å². The molecule has 4 nitrogen and oxygen atoms in total. The lowest BCUT2D eigenvalue weighted by molar-refractivity contribution is 0.0514. The summed E-state index contributed by atoms with van der Waals surface area (Å²) in [6, 6.07) is 0.0948. The largest absolute Gasteiger partial charge is 0.396 e. The van der Waals surface area contributed by atoms with Crippen LogP contribution in [0.15, 0.2) is 0 Å². The topological polar surface area (TPSA) is 52.6 Å². The molecule has 1 saturated carbocycles. The molecule has 0 aromatic heterocycles. The summed E-state index contributed by atoms with van der Waals surface area (Å²) in [5.74, 6) is 0. The number of hydrogen-bond donors (Lipinski definition) is 2. The van der Waals surface area contributed by atoms with Crippen LogP contribution in [0.2, 0.25) is 0 Å². The molecule has 1 heterocycles. The fraction of sp³-hybridized carbons (Fsp3) is 0.941. The number of likely N-dealkylation sites (tertiary alicyclic amines) is 1. The molecule has 2 rings (SSSR count). The van der Waals surface area contributed by atoms with Crippen LogP contribution in [0.1, 0.15) is 65.2 Å². The van der Waals surface area contributed by atoms with Gasteiger partial charge in [0.25, 0.3) is 0 Å². The van der Waals surface area contributed by atoms with Crippen LogP contribution >= 0.6 is 0 Å². The molecule has 1 aliphatic carbocycles. The highest BCUT2D eigenvalue weighted by Crippen LogP contribution is 2.40. The Morgan fingerprint density at radius 3 is 2.10 bits per heavy atom. The minimum absolute atomic E-state index is 0.0485. The van der Waals surface area contributed by atoms with E-state index in [1.54, 1.807) is 0 Å². The number of aliphatic hydroxyl groups is 1. The molecule has 0 bridgehead atoms. The third-order valence-electron chi connectivity index (χ3n) is 6.23. The maximum Gasteiger partial charge on any atom is 0.317 e. The summed E-state index contributed by atoms with van der Waals surface area (Å²) in [6.45, 7) is 7.01. The van der Waals surface area contributed by atoms with Gasteiger partial charge >= 0.3 is 6.03 Å². The van der Waals surface area contributed by atoms with Crippen LogP contribution in [0.5, 0.6) is 0 Å². The zero-order valence-electron chi connectivity index (χ0n) is 13.8. The van der Waals surface area contributed by atoms with Crippen molar-refractivity contribution >= 4 is 6.03 Å². The third-order valence-corrected chi connectivity index (χ3v) is 6.23. The fourth-order valence-corrected chi connectivity index (χ4v) is 3.96. The number of nitrogens with one attached hydrogen (secondary N) is 1. The normalized spacial score (nSPS) is 24.0. The predicted molar refractivity (Wildman–Crippen MR) is 85.2 cm³/mol. The van der Waals surface area contributed by atoms with Crippen LogP contribution in [0.25, 0.3) is 0 Å². The molecule has 2 N–H and O–H groups in total. The molecule has 2 amide bonds. The minimum atomic E-state index is 0.0485. The van der Waals surface area contributed by atoms with Gasteiger partial charge in [0.1, 0.15) is 0 Å². The Morgan fingerprint density at radius 1 is 1.05 bits per heavy atom. The first-order valence-electron chi connectivity index (χ1n) is 8.72. The minimum Gasteiger partial charge on any atom is -0.396 e. The van der Waals surface area contributed by atoms with Gasteiger partial charge in [-0.25, -0.2) is 4.79 Å². The van der Waals surface area contributed by atoms with E-state index in [1.807, 2.05) is 4.90 Å². The molecular weight excluding hydrogens is 264 g/mol. The molecule has 0 atom stereocenters. The number of carbonyl (C=O) groups excluding carboxylic acids is 1. The van der Waals surface area contributed by atoms with E-state index < -0.39 is 0 Å². The number of hydrogen-bond acceptors (Lipinski definition) is 2. The second-order valence-corrected chi connectivity index (χ2v) is 7.22. The molecule has 1 saturated heterocycles. The molecule has 122 valence electrons. The molecular formula is C17H32N2O2. The lowest BCUT2D eigenvalue weighted by Crippen LogP contribution is -2.50. The van der Waals surface area contributed by atoms with Crippen LogP contribution in [-0.4, -0.2) is 42.3 Å². The molecule has 1 aliphatic heterocycles. The van der Waals surface area contributed by atoms with Gasteiger partial charge in [-0.1, -0.05) is 26.7 Å². The zero-order valence-corrected chi connectivity index (χ0v) is 13.8. The van der Waals surface area contributed by atoms with Crippen molar-refractivity contribution in [1.82, 2.24) is 10.2 Å². The Morgan fingerprint density at radius 2 is 1.62 bits per heavy atom. The van der Waals surface area contributed by atoms with Gasteiger partial charge in [-0.05, 0) is 49.4 Å². The summed E-state index contributed by atoms with van der Waals surface area (Å²) in [5, 5.41) is 12.7. The van der Waals surface area contributed by atoms with Crippen molar-refractivity contribution < 1.29 is 9.90 Å². The van der Waals surface area contributed by atoms with Crippen molar-refractivity contribution in [3.63, 3.8) is 0 Å². The molecule has 2 fully saturated rings. The number of nitrogens with zero attached hydrogens (tertiary/aromatic N) is 1. The van der Waals surface area contributed by atoms with Crippen LogP contribution in [-0.2, 0) is 0 Å². The van der Waals surface area contributed by atoms with Crippen LogP contribution in [0, 0.1) is 10.8 Å². The average Bonchev–Trinajstić information content (AvgIpc) is 3.02. The van der Waals surface area contributed by atoms with Crippen molar-refractivity contribution in [3.8, 4) is 0 Å². The summed E-state index contributed by atoms with van der Waals surface area (Å²) in [5.41, 5.74) is 0.399. The number of amides is 2. The van der Waals surface area contributed by atoms with Crippen LogP contribution in [0.4, 0.5) is 4.79 Å². The number of piperidine rings is 1. The second-order valence-electron chi connectivity index (χ2n) is 7.22. The highest BCUT2D eigenvalue weighted by Gasteiger charge is 2.35. The number of urea groups is 1. The smallest absolute Gasteiger partial charge is 0.317 e. The standard InChI is InChI=1S/C17H32N2O2/c1-3-16(7-5-6-8-16)13-18-15(21)19-11-9-17(4-2,14-20)10-12-19/h20H,3-14H2,1-2H3,(H,18,21). The van der Waals surface area contributed by atoms with E-state index >= 15 is 0 Å². The van der Waals surface area contributed by atoms with Gasteiger partial charge in [0.2, 0.25) is 0 Å². The van der Waals surface area contributed by atoms with Crippen molar-refractivity contribution in [1.29, 1.82) is 0 Å². The molecule has 4 heteroatoms. The summed E-state index contributed by atoms with van der Waals surface area (Å²) in [6.07, 6.45) is 9.14. The van der Waals surface area contributed by atoms with Gasteiger partial charge in [0.15, 0.2) is 0 Å². The summed E-state index contributed by atoms with van der Waals surface area (Å²) < 4.78 is 0. The first-order valence-corrected chi connectivity index (χ1v) is 8.72. The SMILES string of the molecule is CCC1(CO)CCN(C(=O)NCC2(CC)CCCC2)CC1. The molecule has 0 unspecified atom stereocenters. The summed E-state index contributed by atoms with van der Waals surface area (Å²) >= 11 is 0. The predicted octanol–water partition coefficient (Wildman–Crippen LogP) is 3.15. The molecule has 0 spiro atoms. The fourth-order valence-electron chi connectivity index (χ4n) is 3.96. The summed E-state index contributed by atoms with van der Waals surface area (Å²) in [7, 11) is 0. The van der Waals surface area contributed by atoms with Gasteiger partial charge in [0.05, 0.1) is 0 Å². The molecule has 2 aliphatic rings. The van der Waals surface area contributed by atoms with E-state index in [1.165, 1.54) is 25.7 Å². The van der Waals surface area contributed by atoms with Crippen molar-refractivity contribution in [2.75, 3.05) is 26.2 Å².